The zero-order valence-electron chi connectivity index (χ0n) is 23.1. The van der Waals surface area contributed by atoms with Gasteiger partial charge < -0.3 is 19.4 Å². The Labute approximate surface area is 237 Å². The Hall–Kier alpha value is -4.54. The van der Waals surface area contributed by atoms with Crippen LogP contribution in [0.2, 0.25) is 0 Å². The Kier molecular flexibility index (Phi) is 7.25. The largest absolute Gasteiger partial charge is 0.456 e. The second-order valence-electron chi connectivity index (χ2n) is 10.6. The average Bonchev–Trinajstić information content (AvgIpc) is 3.63. The first kappa shape index (κ1) is 26.7. The Balaban J connectivity index is 1.23. The molecule has 212 valence electrons. The summed E-state index contributed by atoms with van der Waals surface area (Å²) in [7, 11) is 0. The van der Waals surface area contributed by atoms with E-state index < -0.39 is 5.97 Å². The van der Waals surface area contributed by atoms with Crippen LogP contribution in [-0.4, -0.2) is 75.2 Å². The summed E-state index contributed by atoms with van der Waals surface area (Å²) in [5.74, 6) is 0.720. The van der Waals surface area contributed by atoms with Crippen molar-refractivity contribution in [2.75, 3.05) is 42.6 Å². The number of halogens is 1. The molecule has 10 nitrogen and oxygen atoms in total. The highest BCUT2D eigenvalue weighted by atomic mass is 19.1. The summed E-state index contributed by atoms with van der Waals surface area (Å²) in [5, 5.41) is 4.96. The van der Waals surface area contributed by atoms with E-state index in [1.165, 1.54) is 13.0 Å². The summed E-state index contributed by atoms with van der Waals surface area (Å²) in [6.07, 6.45) is 3.72. The molecule has 2 aliphatic heterocycles. The molecule has 0 aliphatic carbocycles. The third kappa shape index (κ3) is 5.44. The van der Waals surface area contributed by atoms with E-state index in [1.807, 2.05) is 47.8 Å². The lowest BCUT2D eigenvalue weighted by Gasteiger charge is -2.40. The number of benzene rings is 1. The van der Waals surface area contributed by atoms with Crippen molar-refractivity contribution in [3.63, 3.8) is 0 Å². The quantitative estimate of drug-likeness (QED) is 0.330. The van der Waals surface area contributed by atoms with Gasteiger partial charge in [0.05, 0.1) is 17.9 Å². The van der Waals surface area contributed by atoms with Gasteiger partial charge in [0, 0.05) is 39.1 Å². The molecule has 2 atom stereocenters. The maximum atomic E-state index is 14.0. The number of imidazole rings is 1. The van der Waals surface area contributed by atoms with Crippen LogP contribution in [0.15, 0.2) is 60.8 Å². The molecular formula is C30H32FN7O3. The predicted octanol–water partition coefficient (Wildman–Crippen LogP) is 3.87. The lowest BCUT2D eigenvalue weighted by molar-refractivity contribution is -0.151. The van der Waals surface area contributed by atoms with Gasteiger partial charge in [0.1, 0.15) is 23.1 Å². The van der Waals surface area contributed by atoms with Crippen molar-refractivity contribution in [2.24, 2.45) is 0 Å². The van der Waals surface area contributed by atoms with Crippen molar-refractivity contribution < 1.29 is 18.7 Å². The Morgan fingerprint density at radius 3 is 2.71 bits per heavy atom. The van der Waals surface area contributed by atoms with E-state index in [0.29, 0.717) is 25.3 Å². The highest BCUT2D eigenvalue weighted by molar-refractivity contribution is 5.80. The van der Waals surface area contributed by atoms with Gasteiger partial charge in [-0.25, -0.2) is 18.9 Å². The minimum atomic E-state index is -0.466. The van der Waals surface area contributed by atoms with Crippen LogP contribution < -0.4 is 9.80 Å². The molecule has 11 heteroatoms. The molecule has 0 N–H and O–H groups in total. The van der Waals surface area contributed by atoms with Gasteiger partial charge >= 0.3 is 5.97 Å². The molecule has 1 amide bonds. The number of hydrogen-bond acceptors (Lipinski definition) is 8. The molecule has 0 spiro atoms. The Morgan fingerprint density at radius 2 is 1.90 bits per heavy atom. The van der Waals surface area contributed by atoms with Crippen LogP contribution in [0.1, 0.15) is 38.3 Å². The van der Waals surface area contributed by atoms with E-state index in [2.05, 4.69) is 14.8 Å². The number of nitrogens with zero attached hydrogens (tertiary/aromatic N) is 7. The van der Waals surface area contributed by atoms with E-state index in [0.717, 1.165) is 48.0 Å². The number of amides is 1. The molecule has 2 unspecified atom stereocenters. The molecule has 2 aliphatic rings. The van der Waals surface area contributed by atoms with Crippen molar-refractivity contribution in [3.8, 4) is 11.4 Å². The number of carbonyl (C=O) groups excluding carboxylic acids is 2. The van der Waals surface area contributed by atoms with Gasteiger partial charge in [-0.3, -0.25) is 9.59 Å². The van der Waals surface area contributed by atoms with Gasteiger partial charge in [-0.1, -0.05) is 18.2 Å². The highest BCUT2D eigenvalue weighted by Crippen LogP contribution is 2.36. The number of anilines is 2. The SMILES string of the molecule is CC(=O)OCC(=O)N1CCN(c2cccc(-c3cnc4ccc(N5CCCC5c5cccc(F)c5)nn34)n2)CC1C. The second kappa shape index (κ2) is 11.1. The molecular weight excluding hydrogens is 525 g/mol. The zero-order chi connectivity index (χ0) is 28.5. The number of carbonyl (C=O) groups is 2. The molecule has 0 bridgehead atoms. The molecule has 6 rings (SSSR count). The summed E-state index contributed by atoms with van der Waals surface area (Å²) >= 11 is 0. The van der Waals surface area contributed by atoms with Crippen LogP contribution in [-0.2, 0) is 14.3 Å². The fraction of sp³-hybridized carbons (Fsp3) is 0.367. The number of pyridine rings is 1. The van der Waals surface area contributed by atoms with Crippen LogP contribution in [0.3, 0.4) is 0 Å². The van der Waals surface area contributed by atoms with Crippen LogP contribution in [0.4, 0.5) is 16.0 Å². The summed E-state index contributed by atoms with van der Waals surface area (Å²) in [6.45, 7) is 5.60. The number of ether oxygens (including phenoxy) is 1. The van der Waals surface area contributed by atoms with E-state index in [4.69, 9.17) is 14.8 Å². The Bertz CT molecular complexity index is 1590. The molecule has 1 aromatic carbocycles. The molecule has 5 heterocycles. The number of aromatic nitrogens is 4. The first-order chi connectivity index (χ1) is 19.9. The monoisotopic (exact) mass is 557 g/mol. The predicted molar refractivity (Wildman–Crippen MR) is 152 cm³/mol. The minimum Gasteiger partial charge on any atom is -0.456 e. The standard InChI is InChI=1S/C30H32FN7O3/c1-20-18-35(14-15-36(20)30(40)19-41-21(2)39)28-10-4-8-24(33-28)26-17-32-27-11-12-29(34-38(26)27)37-13-5-9-25(37)22-6-3-7-23(31)16-22/h3-4,6-8,10-12,16-17,20,25H,5,9,13-15,18-19H2,1-2H3. The lowest BCUT2D eigenvalue weighted by Crippen LogP contribution is -2.55. The normalized spacial score (nSPS) is 19.1. The van der Waals surface area contributed by atoms with E-state index in [-0.39, 0.29) is 30.4 Å². The number of hydrogen-bond donors (Lipinski definition) is 0. The third-order valence-corrected chi connectivity index (χ3v) is 7.80. The van der Waals surface area contributed by atoms with Gasteiger partial charge in [-0.05, 0) is 61.7 Å². The van der Waals surface area contributed by atoms with Crippen LogP contribution in [0, 0.1) is 5.82 Å². The summed E-state index contributed by atoms with van der Waals surface area (Å²) in [4.78, 5) is 39.2. The first-order valence-electron chi connectivity index (χ1n) is 13.9. The average molecular weight is 558 g/mol. The Morgan fingerprint density at radius 1 is 1.05 bits per heavy atom. The third-order valence-electron chi connectivity index (χ3n) is 7.80. The molecule has 41 heavy (non-hydrogen) atoms. The van der Waals surface area contributed by atoms with Crippen molar-refractivity contribution in [1.82, 2.24) is 24.5 Å². The smallest absolute Gasteiger partial charge is 0.303 e. The summed E-state index contributed by atoms with van der Waals surface area (Å²) in [5.41, 5.74) is 3.18. The fourth-order valence-corrected chi connectivity index (χ4v) is 5.82. The van der Waals surface area contributed by atoms with Crippen molar-refractivity contribution >= 4 is 29.2 Å². The maximum Gasteiger partial charge on any atom is 0.303 e. The van der Waals surface area contributed by atoms with Crippen molar-refractivity contribution in [1.29, 1.82) is 0 Å². The van der Waals surface area contributed by atoms with E-state index in [9.17, 15) is 14.0 Å². The molecule has 2 fully saturated rings. The highest BCUT2D eigenvalue weighted by Gasteiger charge is 2.30. The molecule has 3 aromatic heterocycles. The van der Waals surface area contributed by atoms with Gasteiger partial charge in [0.2, 0.25) is 0 Å². The first-order valence-corrected chi connectivity index (χ1v) is 13.9. The topological polar surface area (TPSA) is 96.2 Å². The fourth-order valence-electron chi connectivity index (χ4n) is 5.82. The second-order valence-corrected chi connectivity index (χ2v) is 10.6. The number of piperazine rings is 1. The van der Waals surface area contributed by atoms with E-state index >= 15 is 0 Å². The number of rotatable bonds is 6. The van der Waals surface area contributed by atoms with Crippen LogP contribution in [0.5, 0.6) is 0 Å². The zero-order valence-corrected chi connectivity index (χ0v) is 23.1. The van der Waals surface area contributed by atoms with E-state index in [1.54, 1.807) is 23.2 Å². The molecule has 0 saturated carbocycles. The molecule has 4 aromatic rings. The summed E-state index contributed by atoms with van der Waals surface area (Å²) in [6, 6.07) is 16.6. The minimum absolute atomic E-state index is 0.0608. The number of esters is 1. The van der Waals surface area contributed by atoms with Gasteiger partial charge in [-0.2, -0.15) is 0 Å². The number of fused-ring (bicyclic) bond motifs is 1. The maximum absolute atomic E-state index is 14.0. The van der Waals surface area contributed by atoms with Crippen molar-refractivity contribution in [3.05, 3.63) is 72.2 Å². The molecule has 2 saturated heterocycles. The van der Waals surface area contributed by atoms with Crippen molar-refractivity contribution in [2.45, 2.75) is 38.8 Å². The van der Waals surface area contributed by atoms with Crippen LogP contribution >= 0.6 is 0 Å². The van der Waals surface area contributed by atoms with Crippen LogP contribution in [0.25, 0.3) is 17.0 Å². The van der Waals surface area contributed by atoms with Gasteiger partial charge in [0.25, 0.3) is 5.91 Å². The van der Waals surface area contributed by atoms with Gasteiger partial charge in [0.15, 0.2) is 12.3 Å². The molecule has 0 radical (unpaired) electrons. The van der Waals surface area contributed by atoms with Gasteiger partial charge in [-0.15, -0.1) is 5.10 Å². The lowest BCUT2D eigenvalue weighted by atomic mass is 10.0. The summed E-state index contributed by atoms with van der Waals surface area (Å²) < 4.78 is 20.7.